The summed E-state index contributed by atoms with van der Waals surface area (Å²) in [5.74, 6) is 0.867. The number of rotatable bonds is 3. The molecule has 0 aliphatic heterocycles. The number of H-pyrrole nitrogens is 1. The zero-order chi connectivity index (χ0) is 18.1. The monoisotopic (exact) mass is 372 g/mol. The molecule has 3 N–H and O–H groups in total. The summed E-state index contributed by atoms with van der Waals surface area (Å²) in [4.78, 5) is 12.2. The highest BCUT2D eigenvalue weighted by atomic mass is 35.5. The molecule has 0 bridgehead atoms. The largest absolute Gasteiger partial charge is 0.385 e. The first kappa shape index (κ1) is 15.8. The molecule has 5 rings (SSSR count). The van der Waals surface area contributed by atoms with Gasteiger partial charge in [0.25, 0.3) is 5.91 Å². The zero-order valence-electron chi connectivity index (χ0n) is 14.0. The molecule has 3 aromatic rings. The quantitative estimate of drug-likeness (QED) is 0.655. The molecule has 0 spiro atoms. The maximum Gasteiger partial charge on any atom is 0.273 e. The SMILES string of the molecule is Cc1cc(C(=O)NC2[C@H]3C[C@](O)(c4cc(Cl)cc5[nH]ncc45)C[C@@H]23)no1. The van der Waals surface area contributed by atoms with Gasteiger partial charge in [-0.1, -0.05) is 16.8 Å². The molecule has 1 unspecified atom stereocenters. The summed E-state index contributed by atoms with van der Waals surface area (Å²) in [7, 11) is 0. The Morgan fingerprint density at radius 2 is 2.15 bits per heavy atom. The number of benzene rings is 1. The van der Waals surface area contributed by atoms with E-state index in [2.05, 4.69) is 20.7 Å². The Bertz CT molecular complexity index is 1010. The average Bonchev–Trinajstić information content (AvgIpc) is 3.06. The summed E-state index contributed by atoms with van der Waals surface area (Å²) >= 11 is 6.20. The molecular formula is C18H17ClN4O3. The lowest BCUT2D eigenvalue weighted by Crippen LogP contribution is -2.33. The Morgan fingerprint density at radius 1 is 1.38 bits per heavy atom. The van der Waals surface area contributed by atoms with Crippen molar-refractivity contribution in [2.45, 2.75) is 31.4 Å². The number of aryl methyl sites for hydroxylation is 1. The average molecular weight is 373 g/mol. The van der Waals surface area contributed by atoms with Gasteiger partial charge >= 0.3 is 0 Å². The molecule has 0 saturated heterocycles. The molecule has 2 aliphatic rings. The third-order valence-corrected chi connectivity index (χ3v) is 5.88. The van der Waals surface area contributed by atoms with Crippen molar-refractivity contribution in [3.8, 4) is 0 Å². The van der Waals surface area contributed by atoms with E-state index in [1.807, 2.05) is 6.07 Å². The van der Waals surface area contributed by atoms with Crippen LogP contribution in [0.5, 0.6) is 0 Å². The first-order chi connectivity index (χ1) is 12.4. The Kier molecular flexibility index (Phi) is 3.24. The molecular weight excluding hydrogens is 356 g/mol. The van der Waals surface area contributed by atoms with Gasteiger partial charge in [0.15, 0.2) is 5.69 Å². The molecule has 26 heavy (non-hydrogen) atoms. The van der Waals surface area contributed by atoms with E-state index in [-0.39, 0.29) is 29.5 Å². The van der Waals surface area contributed by atoms with E-state index in [1.165, 1.54) is 0 Å². The first-order valence-corrected chi connectivity index (χ1v) is 8.92. The van der Waals surface area contributed by atoms with Crippen molar-refractivity contribution >= 4 is 28.4 Å². The van der Waals surface area contributed by atoms with Crippen LogP contribution in [0.4, 0.5) is 0 Å². The molecule has 1 aromatic carbocycles. The van der Waals surface area contributed by atoms with Crippen LogP contribution in [-0.4, -0.2) is 32.4 Å². The van der Waals surface area contributed by atoms with Crippen LogP contribution in [0.25, 0.3) is 10.9 Å². The second-order valence-electron chi connectivity index (χ2n) is 7.37. The van der Waals surface area contributed by atoms with Gasteiger partial charge in [0.2, 0.25) is 0 Å². The lowest BCUT2D eigenvalue weighted by molar-refractivity contribution is 0.0292. The number of hydrogen-bond donors (Lipinski definition) is 3. The van der Waals surface area contributed by atoms with Crippen LogP contribution in [0.3, 0.4) is 0 Å². The molecule has 0 radical (unpaired) electrons. The maximum absolute atomic E-state index is 12.2. The van der Waals surface area contributed by atoms with Gasteiger partial charge in [0.05, 0.1) is 17.3 Å². The summed E-state index contributed by atoms with van der Waals surface area (Å²) in [5, 5.41) is 26.4. The number of halogens is 1. The van der Waals surface area contributed by atoms with Crippen molar-refractivity contribution in [1.29, 1.82) is 0 Å². The number of hydrogen-bond acceptors (Lipinski definition) is 5. The number of carbonyl (C=O) groups is 1. The van der Waals surface area contributed by atoms with Gasteiger partial charge in [-0.25, -0.2) is 0 Å². The van der Waals surface area contributed by atoms with Crippen molar-refractivity contribution in [2.75, 3.05) is 0 Å². The lowest BCUT2D eigenvalue weighted by atomic mass is 9.86. The summed E-state index contributed by atoms with van der Waals surface area (Å²) in [5.41, 5.74) is 0.956. The number of nitrogens with one attached hydrogen (secondary N) is 2. The number of aromatic amines is 1. The minimum atomic E-state index is -0.950. The van der Waals surface area contributed by atoms with Crippen LogP contribution >= 0.6 is 11.6 Å². The molecule has 2 heterocycles. The van der Waals surface area contributed by atoms with Gasteiger partial charge < -0.3 is 14.9 Å². The van der Waals surface area contributed by atoms with Crippen LogP contribution in [0.15, 0.2) is 28.9 Å². The minimum Gasteiger partial charge on any atom is -0.385 e. The molecule has 8 heteroatoms. The van der Waals surface area contributed by atoms with E-state index >= 15 is 0 Å². The van der Waals surface area contributed by atoms with Gasteiger partial charge in [0.1, 0.15) is 5.76 Å². The Balaban J connectivity index is 1.33. The molecule has 2 fully saturated rings. The van der Waals surface area contributed by atoms with Crippen LogP contribution in [0, 0.1) is 18.8 Å². The highest BCUT2D eigenvalue weighted by Gasteiger charge is 2.62. The van der Waals surface area contributed by atoms with Crippen LogP contribution in [0.1, 0.15) is 34.7 Å². The second-order valence-corrected chi connectivity index (χ2v) is 7.81. The smallest absolute Gasteiger partial charge is 0.273 e. The number of amides is 1. The van der Waals surface area contributed by atoms with Gasteiger partial charge in [-0.3, -0.25) is 9.89 Å². The molecule has 2 saturated carbocycles. The summed E-state index contributed by atoms with van der Waals surface area (Å²) in [6.07, 6.45) is 2.89. The number of carbonyl (C=O) groups excluding carboxylic acids is 1. The van der Waals surface area contributed by atoms with Crippen LogP contribution < -0.4 is 5.32 Å². The highest BCUT2D eigenvalue weighted by molar-refractivity contribution is 6.31. The lowest BCUT2D eigenvalue weighted by Gasteiger charge is -2.27. The Hall–Kier alpha value is -2.38. The van der Waals surface area contributed by atoms with Crippen LogP contribution in [0.2, 0.25) is 5.02 Å². The fourth-order valence-electron chi connectivity index (χ4n) is 4.40. The third kappa shape index (κ3) is 2.34. The molecule has 4 atom stereocenters. The van der Waals surface area contributed by atoms with Gasteiger partial charge in [-0.15, -0.1) is 0 Å². The van der Waals surface area contributed by atoms with E-state index in [4.69, 9.17) is 16.1 Å². The van der Waals surface area contributed by atoms with Crippen LogP contribution in [-0.2, 0) is 5.60 Å². The number of fused-ring (bicyclic) bond motifs is 2. The molecule has 2 aliphatic carbocycles. The summed E-state index contributed by atoms with van der Waals surface area (Å²) in [6, 6.07) is 5.30. The van der Waals surface area contributed by atoms with Gasteiger partial charge in [0, 0.05) is 22.5 Å². The fourth-order valence-corrected chi connectivity index (χ4v) is 4.62. The molecule has 7 nitrogen and oxygen atoms in total. The van der Waals surface area contributed by atoms with E-state index < -0.39 is 5.60 Å². The topological polar surface area (TPSA) is 104 Å². The third-order valence-electron chi connectivity index (χ3n) is 5.66. The van der Waals surface area contributed by atoms with Crippen molar-refractivity contribution in [1.82, 2.24) is 20.7 Å². The fraction of sp³-hybridized carbons (Fsp3) is 0.389. The molecule has 134 valence electrons. The minimum absolute atomic E-state index is 0.0683. The summed E-state index contributed by atoms with van der Waals surface area (Å²) < 4.78 is 4.94. The Labute approximate surface area is 153 Å². The van der Waals surface area contributed by atoms with Crippen molar-refractivity contribution in [2.24, 2.45) is 11.8 Å². The first-order valence-electron chi connectivity index (χ1n) is 8.54. The van der Waals surface area contributed by atoms with Crippen molar-refractivity contribution in [3.05, 3.63) is 46.4 Å². The molecule has 1 amide bonds. The predicted octanol–water partition coefficient (Wildman–Crippen LogP) is 2.54. The predicted molar refractivity (Wildman–Crippen MR) is 93.7 cm³/mol. The maximum atomic E-state index is 12.2. The standard InChI is InChI=1S/C18H17ClN4O3/c1-8-2-15(23-26-8)17(24)21-16-10-5-18(25,6-11(10)16)13-3-9(19)4-14-12(13)7-20-22-14/h2-4,7,10-11,16,25H,5-6H2,1H3,(H,20,22)(H,21,24)/t10-,11+,16?,18+. The summed E-state index contributed by atoms with van der Waals surface area (Å²) in [6.45, 7) is 1.75. The van der Waals surface area contributed by atoms with Crippen molar-refractivity contribution in [3.63, 3.8) is 0 Å². The van der Waals surface area contributed by atoms with Gasteiger partial charge in [-0.05, 0) is 49.3 Å². The molecule has 2 aromatic heterocycles. The number of aliphatic hydroxyl groups is 1. The second kappa shape index (κ2) is 5.31. The van der Waals surface area contributed by atoms with E-state index in [0.29, 0.717) is 23.6 Å². The van der Waals surface area contributed by atoms with Crippen molar-refractivity contribution < 1.29 is 14.4 Å². The van der Waals surface area contributed by atoms with E-state index in [1.54, 1.807) is 25.3 Å². The zero-order valence-corrected chi connectivity index (χ0v) is 14.7. The van der Waals surface area contributed by atoms with E-state index in [0.717, 1.165) is 16.5 Å². The highest BCUT2D eigenvalue weighted by Crippen LogP contribution is 2.60. The number of nitrogens with zero attached hydrogens (tertiary/aromatic N) is 2. The normalized spacial score (nSPS) is 29.7. The van der Waals surface area contributed by atoms with Gasteiger partial charge in [-0.2, -0.15) is 5.10 Å². The Morgan fingerprint density at radius 3 is 2.85 bits per heavy atom. The number of aromatic nitrogens is 3. The van der Waals surface area contributed by atoms with E-state index in [9.17, 15) is 9.90 Å².